The van der Waals surface area contributed by atoms with Gasteiger partial charge in [0.2, 0.25) is 0 Å². The van der Waals surface area contributed by atoms with Crippen LogP contribution >= 0.6 is 0 Å². The molecule has 4 rings (SSSR count). The number of imidazole rings is 1. The summed E-state index contributed by atoms with van der Waals surface area (Å²) in [6.45, 7) is 7.43. The van der Waals surface area contributed by atoms with Crippen LogP contribution in [0.3, 0.4) is 0 Å². The summed E-state index contributed by atoms with van der Waals surface area (Å²) in [5.74, 6) is 0.953. The van der Waals surface area contributed by atoms with Crippen LogP contribution in [0.4, 0.5) is 5.69 Å². The molecular formula is C21H24N4. The number of nitrogens with zero attached hydrogens (tertiary/aromatic N) is 3. The first-order valence-electron chi connectivity index (χ1n) is 8.92. The van der Waals surface area contributed by atoms with Crippen LogP contribution in [0, 0.1) is 6.92 Å². The monoisotopic (exact) mass is 332 g/mol. The zero-order valence-electron chi connectivity index (χ0n) is 14.7. The second-order valence-corrected chi connectivity index (χ2v) is 6.67. The number of aryl methyl sites for hydroxylation is 1. The van der Waals surface area contributed by atoms with Crippen LogP contribution in [-0.4, -0.2) is 41.0 Å². The van der Waals surface area contributed by atoms with Gasteiger partial charge in [0.15, 0.2) is 0 Å². The minimum atomic E-state index is 0.932. The molecule has 1 aromatic heterocycles. The Morgan fingerprint density at radius 3 is 2.40 bits per heavy atom. The van der Waals surface area contributed by atoms with Crippen LogP contribution in [0.2, 0.25) is 0 Å². The average Bonchev–Trinajstić information content (AvgIpc) is 3.12. The maximum absolute atomic E-state index is 4.53. The number of hydrogen-bond acceptors (Lipinski definition) is 3. The van der Waals surface area contributed by atoms with E-state index in [4.69, 9.17) is 0 Å². The molecule has 0 bridgehead atoms. The van der Waals surface area contributed by atoms with Crippen molar-refractivity contribution in [1.82, 2.24) is 14.9 Å². The molecule has 1 saturated heterocycles. The number of para-hydroxylation sites is 1. The quantitative estimate of drug-likeness (QED) is 0.791. The van der Waals surface area contributed by atoms with E-state index in [1.54, 1.807) is 0 Å². The molecule has 1 aliphatic heterocycles. The molecule has 4 nitrogen and oxygen atoms in total. The molecule has 4 heteroatoms. The van der Waals surface area contributed by atoms with Gasteiger partial charge >= 0.3 is 0 Å². The molecule has 0 unspecified atom stereocenters. The molecule has 0 saturated carbocycles. The van der Waals surface area contributed by atoms with Gasteiger partial charge in [0.25, 0.3) is 0 Å². The van der Waals surface area contributed by atoms with E-state index >= 15 is 0 Å². The van der Waals surface area contributed by atoms with E-state index in [0.29, 0.717) is 0 Å². The van der Waals surface area contributed by atoms with Gasteiger partial charge < -0.3 is 9.88 Å². The highest BCUT2D eigenvalue weighted by molar-refractivity contribution is 5.55. The third kappa shape index (κ3) is 3.59. The molecule has 1 aliphatic rings. The SMILES string of the molecule is Cc1ccccc1N1CCN(Cc2cnc(-c3ccccc3)[nH]2)CC1. The van der Waals surface area contributed by atoms with Crippen molar-refractivity contribution in [1.29, 1.82) is 0 Å². The topological polar surface area (TPSA) is 35.2 Å². The Bertz CT molecular complexity index is 817. The van der Waals surface area contributed by atoms with Crippen LogP contribution in [0.15, 0.2) is 60.8 Å². The smallest absolute Gasteiger partial charge is 0.137 e. The summed E-state index contributed by atoms with van der Waals surface area (Å²) in [5.41, 5.74) is 5.05. The van der Waals surface area contributed by atoms with E-state index in [1.807, 2.05) is 24.4 Å². The number of hydrogen-bond donors (Lipinski definition) is 1. The summed E-state index contributed by atoms with van der Waals surface area (Å²) in [4.78, 5) is 13.0. The number of rotatable bonds is 4. The van der Waals surface area contributed by atoms with Crippen molar-refractivity contribution in [3.05, 3.63) is 72.1 Å². The Morgan fingerprint density at radius 2 is 1.64 bits per heavy atom. The van der Waals surface area contributed by atoms with Crippen molar-refractivity contribution in [3.63, 3.8) is 0 Å². The van der Waals surface area contributed by atoms with Crippen LogP contribution in [0.1, 0.15) is 11.3 Å². The van der Waals surface area contributed by atoms with Gasteiger partial charge in [-0.3, -0.25) is 4.90 Å². The van der Waals surface area contributed by atoms with Gasteiger partial charge in [-0.15, -0.1) is 0 Å². The molecule has 0 amide bonds. The molecule has 0 radical (unpaired) electrons. The molecule has 1 fully saturated rings. The average molecular weight is 332 g/mol. The van der Waals surface area contributed by atoms with Gasteiger partial charge in [-0.1, -0.05) is 48.5 Å². The van der Waals surface area contributed by atoms with E-state index in [0.717, 1.165) is 44.1 Å². The zero-order valence-corrected chi connectivity index (χ0v) is 14.7. The van der Waals surface area contributed by atoms with Gasteiger partial charge in [0, 0.05) is 55.9 Å². The number of piperazine rings is 1. The molecule has 0 atom stereocenters. The standard InChI is InChI=1S/C21H24N4/c1-17-7-5-6-10-20(17)25-13-11-24(12-14-25)16-19-15-22-21(23-19)18-8-3-2-4-9-18/h2-10,15H,11-14,16H2,1H3,(H,22,23). The number of aromatic amines is 1. The second kappa shape index (κ2) is 7.11. The third-order valence-electron chi connectivity index (χ3n) is 4.90. The molecule has 2 aromatic carbocycles. The molecule has 25 heavy (non-hydrogen) atoms. The van der Waals surface area contributed by atoms with E-state index < -0.39 is 0 Å². The highest BCUT2D eigenvalue weighted by atomic mass is 15.3. The summed E-state index contributed by atoms with van der Waals surface area (Å²) in [7, 11) is 0. The maximum atomic E-state index is 4.53. The van der Waals surface area contributed by atoms with Gasteiger partial charge in [-0.2, -0.15) is 0 Å². The Labute approximate surface area is 149 Å². The first-order valence-corrected chi connectivity index (χ1v) is 8.92. The second-order valence-electron chi connectivity index (χ2n) is 6.67. The van der Waals surface area contributed by atoms with Crippen molar-refractivity contribution in [3.8, 4) is 11.4 Å². The van der Waals surface area contributed by atoms with Crippen LogP contribution in [0.25, 0.3) is 11.4 Å². The molecule has 0 aliphatic carbocycles. The number of aromatic nitrogens is 2. The predicted octanol–water partition coefficient (Wildman–Crippen LogP) is 3.71. The number of anilines is 1. The summed E-state index contributed by atoms with van der Waals surface area (Å²) < 4.78 is 0. The Hall–Kier alpha value is -2.59. The molecule has 2 heterocycles. The summed E-state index contributed by atoms with van der Waals surface area (Å²) in [6.07, 6.45) is 1.97. The van der Waals surface area contributed by atoms with Crippen molar-refractivity contribution in [2.45, 2.75) is 13.5 Å². The van der Waals surface area contributed by atoms with Crippen LogP contribution in [0.5, 0.6) is 0 Å². The zero-order chi connectivity index (χ0) is 17.1. The van der Waals surface area contributed by atoms with Crippen molar-refractivity contribution in [2.24, 2.45) is 0 Å². The molecule has 1 N–H and O–H groups in total. The summed E-state index contributed by atoms with van der Waals surface area (Å²) in [5, 5.41) is 0. The largest absolute Gasteiger partial charge is 0.369 e. The lowest BCUT2D eigenvalue weighted by molar-refractivity contribution is 0.247. The Kier molecular flexibility index (Phi) is 4.53. The minimum absolute atomic E-state index is 0.932. The summed E-state index contributed by atoms with van der Waals surface area (Å²) in [6, 6.07) is 18.9. The first-order chi connectivity index (χ1) is 12.3. The lowest BCUT2D eigenvalue weighted by Gasteiger charge is -2.36. The van der Waals surface area contributed by atoms with Gasteiger partial charge in [0.05, 0.1) is 0 Å². The van der Waals surface area contributed by atoms with Crippen molar-refractivity contribution >= 4 is 5.69 Å². The van der Waals surface area contributed by atoms with E-state index in [9.17, 15) is 0 Å². The van der Waals surface area contributed by atoms with Gasteiger partial charge in [-0.05, 0) is 18.6 Å². The number of nitrogens with one attached hydrogen (secondary N) is 1. The highest BCUT2D eigenvalue weighted by Gasteiger charge is 2.19. The third-order valence-corrected chi connectivity index (χ3v) is 4.90. The lowest BCUT2D eigenvalue weighted by Crippen LogP contribution is -2.46. The normalized spacial score (nSPS) is 15.5. The first kappa shape index (κ1) is 15.9. The Morgan fingerprint density at radius 1 is 0.920 bits per heavy atom. The van der Waals surface area contributed by atoms with Gasteiger partial charge in [0.1, 0.15) is 5.82 Å². The molecule has 128 valence electrons. The minimum Gasteiger partial charge on any atom is -0.369 e. The summed E-state index contributed by atoms with van der Waals surface area (Å²) >= 11 is 0. The number of benzene rings is 2. The molecule has 3 aromatic rings. The van der Waals surface area contributed by atoms with Crippen LogP contribution < -0.4 is 4.90 Å². The van der Waals surface area contributed by atoms with Crippen molar-refractivity contribution < 1.29 is 0 Å². The van der Waals surface area contributed by atoms with Crippen LogP contribution in [-0.2, 0) is 6.54 Å². The highest BCUT2D eigenvalue weighted by Crippen LogP contribution is 2.21. The van der Waals surface area contributed by atoms with E-state index in [1.165, 1.54) is 16.9 Å². The van der Waals surface area contributed by atoms with Gasteiger partial charge in [-0.25, -0.2) is 4.98 Å². The fourth-order valence-corrected chi connectivity index (χ4v) is 3.49. The predicted molar refractivity (Wildman–Crippen MR) is 103 cm³/mol. The fraction of sp³-hybridized carbons (Fsp3) is 0.286. The van der Waals surface area contributed by atoms with Crippen molar-refractivity contribution in [2.75, 3.05) is 31.1 Å². The molecule has 0 spiro atoms. The molecular weight excluding hydrogens is 308 g/mol. The number of H-pyrrole nitrogens is 1. The lowest BCUT2D eigenvalue weighted by atomic mass is 10.1. The van der Waals surface area contributed by atoms with E-state index in [2.05, 4.69) is 63.1 Å². The maximum Gasteiger partial charge on any atom is 0.137 e. The Balaban J connectivity index is 1.36. The van der Waals surface area contributed by atoms with E-state index in [-0.39, 0.29) is 0 Å². The fourth-order valence-electron chi connectivity index (χ4n) is 3.49.